The molecular weight excluding hydrogens is 359 g/mol. The zero-order valence-corrected chi connectivity index (χ0v) is 14.5. The van der Waals surface area contributed by atoms with Crippen LogP contribution in [0.5, 0.6) is 0 Å². The number of hydrogen-bond donors (Lipinski definition) is 1. The van der Waals surface area contributed by atoms with E-state index in [2.05, 4.69) is 22.9 Å². The predicted octanol–water partition coefficient (Wildman–Crippen LogP) is 2.86. The smallest absolute Gasteiger partial charge is 0.246 e. The van der Waals surface area contributed by atoms with Crippen molar-refractivity contribution in [2.75, 3.05) is 6.54 Å². The summed E-state index contributed by atoms with van der Waals surface area (Å²) in [5, 5.41) is 0. The van der Waals surface area contributed by atoms with Gasteiger partial charge < -0.3 is 5.73 Å². The van der Waals surface area contributed by atoms with Gasteiger partial charge in [-0.1, -0.05) is 22.9 Å². The Labute approximate surface area is 133 Å². The van der Waals surface area contributed by atoms with Gasteiger partial charge >= 0.3 is 0 Å². The molecule has 1 fully saturated rings. The molecule has 0 saturated carbocycles. The van der Waals surface area contributed by atoms with E-state index < -0.39 is 15.8 Å². The SMILES string of the molecule is CC1CCN(S(=O)(=O)c2cc(Br)cc(CN)c2F)C(C)C1. The summed E-state index contributed by atoms with van der Waals surface area (Å²) in [7, 11) is -3.85. The van der Waals surface area contributed by atoms with Gasteiger partial charge in [0.15, 0.2) is 0 Å². The molecule has 0 amide bonds. The predicted molar refractivity (Wildman–Crippen MR) is 83.7 cm³/mol. The Morgan fingerprint density at radius 1 is 1.43 bits per heavy atom. The highest BCUT2D eigenvalue weighted by molar-refractivity contribution is 9.10. The molecule has 1 aromatic carbocycles. The van der Waals surface area contributed by atoms with E-state index in [-0.39, 0.29) is 23.0 Å². The number of rotatable bonds is 3. The van der Waals surface area contributed by atoms with Gasteiger partial charge in [-0.3, -0.25) is 0 Å². The molecule has 1 aromatic rings. The molecule has 1 saturated heterocycles. The molecule has 2 N–H and O–H groups in total. The van der Waals surface area contributed by atoms with E-state index >= 15 is 0 Å². The number of piperidine rings is 1. The van der Waals surface area contributed by atoms with Gasteiger partial charge in [0.1, 0.15) is 10.7 Å². The topological polar surface area (TPSA) is 63.4 Å². The molecule has 0 spiro atoms. The summed E-state index contributed by atoms with van der Waals surface area (Å²) in [6, 6.07) is 2.70. The van der Waals surface area contributed by atoms with Gasteiger partial charge in [0.25, 0.3) is 0 Å². The van der Waals surface area contributed by atoms with Crippen LogP contribution in [0.4, 0.5) is 4.39 Å². The molecule has 1 heterocycles. The monoisotopic (exact) mass is 378 g/mol. The van der Waals surface area contributed by atoms with E-state index in [9.17, 15) is 12.8 Å². The van der Waals surface area contributed by atoms with Crippen LogP contribution in [0, 0.1) is 11.7 Å². The lowest BCUT2D eigenvalue weighted by atomic mass is 9.95. The second-order valence-electron chi connectivity index (χ2n) is 5.68. The van der Waals surface area contributed by atoms with E-state index in [1.165, 1.54) is 16.4 Å². The van der Waals surface area contributed by atoms with Crippen LogP contribution >= 0.6 is 15.9 Å². The number of nitrogens with zero attached hydrogens (tertiary/aromatic N) is 1. The minimum atomic E-state index is -3.85. The molecule has 0 radical (unpaired) electrons. The lowest BCUT2D eigenvalue weighted by Gasteiger charge is -2.35. The molecule has 21 heavy (non-hydrogen) atoms. The Morgan fingerprint density at radius 2 is 2.10 bits per heavy atom. The zero-order valence-electron chi connectivity index (χ0n) is 12.1. The highest BCUT2D eigenvalue weighted by atomic mass is 79.9. The van der Waals surface area contributed by atoms with Gasteiger partial charge in [-0.25, -0.2) is 12.8 Å². The highest BCUT2D eigenvalue weighted by Gasteiger charge is 2.35. The van der Waals surface area contributed by atoms with Crippen molar-refractivity contribution in [1.29, 1.82) is 0 Å². The Balaban J connectivity index is 2.47. The van der Waals surface area contributed by atoms with Crippen molar-refractivity contribution in [2.45, 2.75) is 44.2 Å². The van der Waals surface area contributed by atoms with Crippen molar-refractivity contribution in [2.24, 2.45) is 11.7 Å². The number of benzene rings is 1. The fraction of sp³-hybridized carbons (Fsp3) is 0.571. The average Bonchev–Trinajstić information content (AvgIpc) is 2.40. The van der Waals surface area contributed by atoms with Crippen LogP contribution in [0.15, 0.2) is 21.5 Å². The molecule has 1 aliphatic heterocycles. The van der Waals surface area contributed by atoms with Crippen molar-refractivity contribution in [1.82, 2.24) is 4.31 Å². The molecule has 0 aromatic heterocycles. The van der Waals surface area contributed by atoms with Crippen LogP contribution in [-0.4, -0.2) is 25.3 Å². The first-order chi connectivity index (χ1) is 9.77. The minimum Gasteiger partial charge on any atom is -0.326 e. The van der Waals surface area contributed by atoms with Crippen LogP contribution in [0.1, 0.15) is 32.3 Å². The van der Waals surface area contributed by atoms with Crippen molar-refractivity contribution >= 4 is 26.0 Å². The van der Waals surface area contributed by atoms with Gasteiger partial charge in [-0.05, 0) is 37.8 Å². The summed E-state index contributed by atoms with van der Waals surface area (Å²) in [6.07, 6.45) is 1.58. The van der Waals surface area contributed by atoms with Gasteiger partial charge in [0, 0.05) is 29.2 Å². The van der Waals surface area contributed by atoms with Crippen LogP contribution in [-0.2, 0) is 16.6 Å². The van der Waals surface area contributed by atoms with Crippen molar-refractivity contribution in [3.63, 3.8) is 0 Å². The third-order valence-corrected chi connectivity index (χ3v) is 6.43. The minimum absolute atomic E-state index is 0.0413. The number of sulfonamides is 1. The molecule has 0 bridgehead atoms. The van der Waals surface area contributed by atoms with Gasteiger partial charge in [0.05, 0.1) is 0 Å². The zero-order chi connectivity index (χ0) is 15.8. The maximum absolute atomic E-state index is 14.4. The van der Waals surface area contributed by atoms with Crippen molar-refractivity contribution in [3.8, 4) is 0 Å². The van der Waals surface area contributed by atoms with Crippen LogP contribution in [0.3, 0.4) is 0 Å². The third-order valence-electron chi connectivity index (χ3n) is 3.96. The van der Waals surface area contributed by atoms with E-state index in [0.29, 0.717) is 16.9 Å². The van der Waals surface area contributed by atoms with Gasteiger partial charge in [-0.2, -0.15) is 4.31 Å². The summed E-state index contributed by atoms with van der Waals surface area (Å²) in [6.45, 7) is 4.36. The molecule has 2 unspecified atom stereocenters. The van der Waals surface area contributed by atoms with E-state index in [4.69, 9.17) is 5.73 Å². The summed E-state index contributed by atoms with van der Waals surface area (Å²) in [5.74, 6) is -0.259. The van der Waals surface area contributed by atoms with Crippen LogP contribution < -0.4 is 5.73 Å². The highest BCUT2D eigenvalue weighted by Crippen LogP contribution is 2.31. The van der Waals surface area contributed by atoms with E-state index in [1.54, 1.807) is 0 Å². The summed E-state index contributed by atoms with van der Waals surface area (Å²) in [4.78, 5) is -0.293. The third kappa shape index (κ3) is 3.31. The Morgan fingerprint density at radius 3 is 2.67 bits per heavy atom. The standard InChI is InChI=1S/C14H20BrFN2O2S/c1-9-3-4-18(10(2)5-9)21(19,20)13-7-12(15)6-11(8-17)14(13)16/h6-7,9-10H,3-5,8,17H2,1-2H3. The molecule has 2 atom stereocenters. The average molecular weight is 379 g/mol. The molecule has 4 nitrogen and oxygen atoms in total. The molecule has 1 aliphatic rings. The number of nitrogens with two attached hydrogens (primary N) is 1. The lowest BCUT2D eigenvalue weighted by Crippen LogP contribution is -2.44. The first-order valence-electron chi connectivity index (χ1n) is 6.97. The second kappa shape index (κ2) is 6.32. The van der Waals surface area contributed by atoms with E-state index in [1.807, 2.05) is 6.92 Å². The quantitative estimate of drug-likeness (QED) is 0.879. The maximum Gasteiger partial charge on any atom is 0.246 e. The first kappa shape index (κ1) is 16.9. The molecule has 7 heteroatoms. The van der Waals surface area contributed by atoms with E-state index in [0.717, 1.165) is 12.8 Å². The molecule has 0 aliphatic carbocycles. The molecule has 118 valence electrons. The van der Waals surface area contributed by atoms with Crippen LogP contribution in [0.25, 0.3) is 0 Å². The normalized spacial score (nSPS) is 24.2. The number of halogens is 2. The van der Waals surface area contributed by atoms with Crippen LogP contribution in [0.2, 0.25) is 0 Å². The lowest BCUT2D eigenvalue weighted by molar-refractivity contribution is 0.219. The van der Waals surface area contributed by atoms with Gasteiger partial charge in [0.2, 0.25) is 10.0 Å². The Bertz CT molecular complexity index is 636. The first-order valence-corrected chi connectivity index (χ1v) is 9.20. The fourth-order valence-corrected chi connectivity index (χ4v) is 5.27. The maximum atomic E-state index is 14.4. The summed E-state index contributed by atoms with van der Waals surface area (Å²) >= 11 is 3.22. The molecular formula is C14H20BrFN2O2S. The van der Waals surface area contributed by atoms with Gasteiger partial charge in [-0.15, -0.1) is 0 Å². The summed E-state index contributed by atoms with van der Waals surface area (Å²) < 4.78 is 41.9. The Kier molecular flexibility index (Phi) is 5.07. The van der Waals surface area contributed by atoms with Crippen molar-refractivity contribution in [3.05, 3.63) is 28.0 Å². The summed E-state index contributed by atoms with van der Waals surface area (Å²) in [5.41, 5.74) is 5.68. The van der Waals surface area contributed by atoms with Crippen molar-refractivity contribution < 1.29 is 12.8 Å². The largest absolute Gasteiger partial charge is 0.326 e. The second-order valence-corrected chi connectivity index (χ2v) is 8.45. The fourth-order valence-electron chi connectivity index (χ4n) is 2.82. The Hall–Kier alpha value is -0.500. The number of hydrogen-bond acceptors (Lipinski definition) is 3. The molecule has 2 rings (SSSR count).